The Bertz CT molecular complexity index is 343. The lowest BCUT2D eigenvalue weighted by molar-refractivity contribution is -0.384. The maximum atomic E-state index is 10.4. The smallest absolute Gasteiger partial charge is 0.311 e. The fourth-order valence-corrected chi connectivity index (χ4v) is 1.63. The number of anilines is 1. The lowest BCUT2D eigenvalue weighted by atomic mass is 10.4. The lowest BCUT2D eigenvalue weighted by Crippen LogP contribution is -1.98. The van der Waals surface area contributed by atoms with E-state index in [4.69, 9.17) is 5.73 Å². The molecule has 0 saturated heterocycles. The van der Waals surface area contributed by atoms with Crippen LogP contribution < -0.4 is 5.73 Å². The third-order valence-electron chi connectivity index (χ3n) is 1.53. The zero-order chi connectivity index (χ0) is 10.6. The number of nitrogens with two attached hydrogens (primary N) is 1. The second-order valence-corrected chi connectivity index (χ2v) is 3.77. The second-order valence-electron chi connectivity index (χ2n) is 2.66. The van der Waals surface area contributed by atoms with Gasteiger partial charge in [-0.05, 0) is 18.2 Å². The standard InChI is InChI=1S/C8H11N3O2S/c1-2-5-14-7-4-3-6(11(12)13)8(9)10-7/h3-4H,2,5H2,1H3,(H2,9,10). The van der Waals surface area contributed by atoms with Crippen molar-refractivity contribution < 1.29 is 4.92 Å². The quantitative estimate of drug-likeness (QED) is 0.470. The van der Waals surface area contributed by atoms with Gasteiger partial charge in [0.1, 0.15) is 0 Å². The Morgan fingerprint density at radius 2 is 2.36 bits per heavy atom. The van der Waals surface area contributed by atoms with Crippen molar-refractivity contribution in [2.75, 3.05) is 11.5 Å². The van der Waals surface area contributed by atoms with Crippen molar-refractivity contribution in [2.45, 2.75) is 18.4 Å². The van der Waals surface area contributed by atoms with Gasteiger partial charge in [0.05, 0.1) is 9.95 Å². The van der Waals surface area contributed by atoms with Gasteiger partial charge in [-0.2, -0.15) is 0 Å². The van der Waals surface area contributed by atoms with E-state index < -0.39 is 4.92 Å². The van der Waals surface area contributed by atoms with Gasteiger partial charge >= 0.3 is 5.69 Å². The molecule has 0 amide bonds. The van der Waals surface area contributed by atoms with Gasteiger partial charge in [0.25, 0.3) is 0 Å². The zero-order valence-electron chi connectivity index (χ0n) is 7.77. The summed E-state index contributed by atoms with van der Waals surface area (Å²) in [5, 5.41) is 11.2. The maximum absolute atomic E-state index is 10.4. The maximum Gasteiger partial charge on any atom is 0.311 e. The van der Waals surface area contributed by atoms with E-state index >= 15 is 0 Å². The van der Waals surface area contributed by atoms with Crippen LogP contribution in [0.4, 0.5) is 11.5 Å². The highest BCUT2D eigenvalue weighted by Gasteiger charge is 2.12. The molecule has 76 valence electrons. The van der Waals surface area contributed by atoms with Gasteiger partial charge in [0.2, 0.25) is 5.82 Å². The number of pyridine rings is 1. The minimum absolute atomic E-state index is 0.0175. The summed E-state index contributed by atoms with van der Waals surface area (Å²) in [6, 6.07) is 3.01. The number of hydrogen-bond acceptors (Lipinski definition) is 5. The number of aromatic nitrogens is 1. The summed E-state index contributed by atoms with van der Waals surface area (Å²) in [6.45, 7) is 2.06. The normalized spacial score (nSPS) is 10.1. The van der Waals surface area contributed by atoms with Gasteiger partial charge in [-0.1, -0.05) is 6.92 Å². The van der Waals surface area contributed by atoms with E-state index in [1.165, 1.54) is 6.07 Å². The molecule has 0 aliphatic carbocycles. The molecule has 1 rings (SSSR count). The molecule has 0 aliphatic heterocycles. The van der Waals surface area contributed by atoms with Crippen LogP contribution in [0.3, 0.4) is 0 Å². The summed E-state index contributed by atoms with van der Waals surface area (Å²) < 4.78 is 0. The number of hydrogen-bond donors (Lipinski definition) is 1. The molecular weight excluding hydrogens is 202 g/mol. The number of nitrogens with zero attached hydrogens (tertiary/aromatic N) is 2. The molecule has 1 aromatic rings. The Hall–Kier alpha value is -1.30. The van der Waals surface area contributed by atoms with E-state index in [-0.39, 0.29) is 11.5 Å². The molecule has 0 radical (unpaired) electrons. The summed E-state index contributed by atoms with van der Waals surface area (Å²) in [5.74, 6) is 0.917. The third-order valence-corrected chi connectivity index (χ3v) is 2.66. The third kappa shape index (κ3) is 2.59. The molecule has 0 aliphatic rings. The van der Waals surface area contributed by atoms with Crippen molar-refractivity contribution in [3.63, 3.8) is 0 Å². The average molecular weight is 213 g/mol. The minimum atomic E-state index is -0.531. The molecule has 2 N–H and O–H groups in total. The molecule has 6 heteroatoms. The molecule has 0 atom stereocenters. The predicted octanol–water partition coefficient (Wildman–Crippen LogP) is 2.07. The summed E-state index contributed by atoms with van der Waals surface area (Å²) in [6.07, 6.45) is 1.03. The molecular formula is C8H11N3O2S. The zero-order valence-corrected chi connectivity index (χ0v) is 8.58. The molecule has 0 spiro atoms. The molecule has 1 heterocycles. The molecule has 14 heavy (non-hydrogen) atoms. The molecule has 5 nitrogen and oxygen atoms in total. The minimum Gasteiger partial charge on any atom is -0.378 e. The van der Waals surface area contributed by atoms with Crippen LogP contribution in [-0.2, 0) is 0 Å². The van der Waals surface area contributed by atoms with Crippen molar-refractivity contribution >= 4 is 23.3 Å². The fraction of sp³-hybridized carbons (Fsp3) is 0.375. The summed E-state index contributed by atoms with van der Waals surface area (Å²) in [5.41, 5.74) is 5.29. The highest BCUT2D eigenvalue weighted by atomic mass is 32.2. The van der Waals surface area contributed by atoms with E-state index in [9.17, 15) is 10.1 Å². The van der Waals surface area contributed by atoms with E-state index in [0.29, 0.717) is 0 Å². The van der Waals surface area contributed by atoms with Gasteiger partial charge in [-0.3, -0.25) is 10.1 Å². The largest absolute Gasteiger partial charge is 0.378 e. The number of rotatable bonds is 4. The first-order chi connectivity index (χ1) is 6.65. The van der Waals surface area contributed by atoms with Gasteiger partial charge in [-0.15, -0.1) is 11.8 Å². The van der Waals surface area contributed by atoms with E-state index in [1.54, 1.807) is 17.8 Å². The van der Waals surface area contributed by atoms with Crippen LogP contribution in [0.1, 0.15) is 13.3 Å². The summed E-state index contributed by atoms with van der Waals surface area (Å²) in [7, 11) is 0. The highest BCUT2D eigenvalue weighted by molar-refractivity contribution is 7.99. The topological polar surface area (TPSA) is 82.0 Å². The van der Waals surface area contributed by atoms with Crippen molar-refractivity contribution in [1.29, 1.82) is 0 Å². The van der Waals surface area contributed by atoms with Crippen molar-refractivity contribution in [3.8, 4) is 0 Å². The first-order valence-electron chi connectivity index (χ1n) is 4.19. The van der Waals surface area contributed by atoms with Gasteiger partial charge in [-0.25, -0.2) is 4.98 Å². The molecule has 1 aromatic heterocycles. The van der Waals surface area contributed by atoms with Crippen LogP contribution in [-0.4, -0.2) is 15.7 Å². The van der Waals surface area contributed by atoms with Crippen LogP contribution >= 0.6 is 11.8 Å². The summed E-state index contributed by atoms with van der Waals surface area (Å²) >= 11 is 1.54. The molecule has 0 saturated carbocycles. The summed E-state index contributed by atoms with van der Waals surface area (Å²) in [4.78, 5) is 13.8. The fourth-order valence-electron chi connectivity index (χ4n) is 0.890. The van der Waals surface area contributed by atoms with Crippen molar-refractivity contribution in [2.24, 2.45) is 0 Å². The molecule has 0 unspecified atom stereocenters. The van der Waals surface area contributed by atoms with Crippen molar-refractivity contribution in [1.82, 2.24) is 4.98 Å². The van der Waals surface area contributed by atoms with Crippen LogP contribution in [0.5, 0.6) is 0 Å². The van der Waals surface area contributed by atoms with E-state index in [1.807, 2.05) is 0 Å². The van der Waals surface area contributed by atoms with Gasteiger partial charge in [0.15, 0.2) is 0 Å². The first-order valence-corrected chi connectivity index (χ1v) is 5.17. The Labute approximate surface area is 85.9 Å². The Morgan fingerprint density at radius 1 is 1.64 bits per heavy atom. The Kier molecular flexibility index (Phi) is 3.70. The monoisotopic (exact) mass is 213 g/mol. The number of nitrogen functional groups attached to an aromatic ring is 1. The average Bonchev–Trinajstić information content (AvgIpc) is 2.14. The van der Waals surface area contributed by atoms with Gasteiger partial charge in [0, 0.05) is 6.07 Å². The Morgan fingerprint density at radius 3 is 2.86 bits per heavy atom. The molecule has 0 bridgehead atoms. The second kappa shape index (κ2) is 4.80. The van der Waals surface area contributed by atoms with Crippen LogP contribution in [0.15, 0.2) is 17.2 Å². The van der Waals surface area contributed by atoms with Crippen LogP contribution in [0, 0.1) is 10.1 Å². The van der Waals surface area contributed by atoms with E-state index in [0.717, 1.165) is 17.2 Å². The van der Waals surface area contributed by atoms with E-state index in [2.05, 4.69) is 11.9 Å². The Balaban J connectivity index is 2.83. The lowest BCUT2D eigenvalue weighted by Gasteiger charge is -2.00. The molecule has 0 aromatic carbocycles. The van der Waals surface area contributed by atoms with Crippen LogP contribution in [0.2, 0.25) is 0 Å². The first kappa shape index (κ1) is 10.8. The number of thioether (sulfide) groups is 1. The van der Waals surface area contributed by atoms with Crippen molar-refractivity contribution in [3.05, 3.63) is 22.2 Å². The number of nitro groups is 1. The highest BCUT2D eigenvalue weighted by Crippen LogP contribution is 2.24. The predicted molar refractivity (Wildman–Crippen MR) is 56.3 cm³/mol. The van der Waals surface area contributed by atoms with Crippen LogP contribution in [0.25, 0.3) is 0 Å². The van der Waals surface area contributed by atoms with Gasteiger partial charge < -0.3 is 5.73 Å². The SMILES string of the molecule is CCCSc1ccc([N+](=O)[O-])c(N)n1. The molecule has 0 fully saturated rings.